The number of halogens is 7. The highest BCUT2D eigenvalue weighted by atomic mass is 35.6. The molecule has 0 saturated heterocycles. The summed E-state index contributed by atoms with van der Waals surface area (Å²) < 4.78 is 3.96. The summed E-state index contributed by atoms with van der Waals surface area (Å²) in [7, 11) is 0. The molecule has 6 heterocycles. The van der Waals surface area contributed by atoms with Crippen molar-refractivity contribution in [3.05, 3.63) is 87.5 Å². The summed E-state index contributed by atoms with van der Waals surface area (Å²) in [5.74, 6) is 0. The number of rotatable bonds is 0. The zero-order valence-electron chi connectivity index (χ0n) is 18.0. The molecule has 0 atom stereocenters. The number of imidazole rings is 3. The second kappa shape index (κ2) is 16.1. The maximum atomic E-state index is 5.78. The molecule has 0 radical (unpaired) electrons. The Bertz CT molecular complexity index is 1480. The van der Waals surface area contributed by atoms with Crippen LogP contribution in [0, 0.1) is 6.92 Å². The highest BCUT2D eigenvalue weighted by Gasteiger charge is 2.01. The van der Waals surface area contributed by atoms with Gasteiger partial charge in [0.1, 0.15) is 10.3 Å². The molecule has 0 amide bonds. The predicted octanol–water partition coefficient (Wildman–Crippen LogP) is 8.37. The minimum Gasteiger partial charge on any atom is -0.236 e. The molecule has 0 fully saturated rings. The molecule has 0 aliphatic carbocycles. The van der Waals surface area contributed by atoms with Crippen LogP contribution >= 0.6 is 81.2 Å². The summed E-state index contributed by atoms with van der Waals surface area (Å²) in [5, 5.41) is 13.9. The number of aromatic nitrogens is 9. The highest BCUT2D eigenvalue weighted by molar-refractivity contribution is 6.63. The monoisotopic (exact) mass is 657 g/mol. The summed E-state index contributed by atoms with van der Waals surface area (Å²) in [6.45, 7) is 1.91. The Balaban J connectivity index is 0.000000260. The van der Waals surface area contributed by atoms with E-state index in [-0.39, 0.29) is 14.9 Å². The fourth-order valence-corrected chi connectivity index (χ4v) is 3.18. The first kappa shape index (κ1) is 33.9. The number of hydrogen-bond donors (Lipinski definition) is 0. The maximum Gasteiger partial charge on any atom is 0.180 e. The zero-order valence-corrected chi connectivity index (χ0v) is 23.3. The van der Waals surface area contributed by atoms with Crippen LogP contribution < -0.4 is 0 Å². The Morgan fingerprint density at radius 1 is 0.632 bits per heavy atom. The Kier molecular flexibility index (Phi) is 14.4. The van der Waals surface area contributed by atoms with Gasteiger partial charge in [-0.05, 0) is 43.3 Å². The van der Waals surface area contributed by atoms with Crippen LogP contribution in [-0.2, 0) is 0 Å². The van der Waals surface area contributed by atoms with Crippen LogP contribution in [0.1, 0.15) is 20.5 Å². The second-order valence-corrected chi connectivity index (χ2v) is 9.99. The summed E-state index contributed by atoms with van der Waals surface area (Å²) in [5.41, 5.74) is 3.21. The summed E-state index contributed by atoms with van der Waals surface area (Å²) in [4.78, 5) is 12.0. The van der Waals surface area contributed by atoms with E-state index in [1.807, 2.05) is 25.1 Å². The maximum absolute atomic E-state index is 5.78. The van der Waals surface area contributed by atoms with Crippen molar-refractivity contribution in [3.63, 3.8) is 0 Å². The third-order valence-corrected chi connectivity index (χ3v) is 4.88. The average molecular weight is 661 g/mol. The first-order valence-electron chi connectivity index (χ1n) is 9.65. The second-order valence-electron chi connectivity index (χ2n) is 6.47. The lowest BCUT2D eigenvalue weighted by atomic mass is 10.4. The molecular formula is C22H22Cl7N9. The Morgan fingerprint density at radius 3 is 1.68 bits per heavy atom. The standard InChI is InChI=1S/C7H6ClN3.C6H3Cl2N3.C6H4ClN3.CHCl3.2CH4/c1-5-2-3-7-9-4-6(8)11(7)10-5;7-4-1-2-6-9-3-5(8)11(6)10-4;7-5-1-2-6-8-3-4-10(6)9-5;2-1(3)4;;/h2-4H,1H3;1-3H;1-4H;1H;2*1H4. The van der Waals surface area contributed by atoms with Crippen molar-refractivity contribution in [1.82, 2.24) is 43.8 Å². The van der Waals surface area contributed by atoms with Crippen molar-refractivity contribution in [3.8, 4) is 0 Å². The topological polar surface area (TPSA) is 90.6 Å². The van der Waals surface area contributed by atoms with Crippen LogP contribution in [0.2, 0.25) is 20.6 Å². The number of nitrogens with zero attached hydrogens (tertiary/aromatic N) is 9. The minimum absolute atomic E-state index is 0. The van der Waals surface area contributed by atoms with Gasteiger partial charge in [-0.3, -0.25) is 0 Å². The van der Waals surface area contributed by atoms with Crippen molar-refractivity contribution in [2.45, 2.75) is 26.1 Å². The van der Waals surface area contributed by atoms with E-state index < -0.39 is 4.30 Å². The van der Waals surface area contributed by atoms with Crippen LogP contribution in [-0.4, -0.2) is 48.1 Å². The molecule has 0 N–H and O–H groups in total. The Morgan fingerprint density at radius 2 is 1.11 bits per heavy atom. The zero-order chi connectivity index (χ0) is 26.2. The normalized spacial score (nSPS) is 9.92. The lowest BCUT2D eigenvalue weighted by molar-refractivity contribution is 0.901. The van der Waals surface area contributed by atoms with Gasteiger partial charge >= 0.3 is 0 Å². The van der Waals surface area contributed by atoms with Crippen LogP contribution in [0.3, 0.4) is 0 Å². The molecule has 0 aliphatic heterocycles. The number of fused-ring (bicyclic) bond motifs is 3. The van der Waals surface area contributed by atoms with E-state index in [0.717, 1.165) is 17.0 Å². The first-order chi connectivity index (χ1) is 17.1. The number of aryl methyl sites for hydroxylation is 1. The number of alkyl halides is 3. The smallest absolute Gasteiger partial charge is 0.180 e. The van der Waals surface area contributed by atoms with Gasteiger partial charge in [-0.1, -0.05) is 96.1 Å². The lowest BCUT2D eigenvalue weighted by Crippen LogP contribution is -1.92. The quantitative estimate of drug-likeness (QED) is 0.152. The van der Waals surface area contributed by atoms with Gasteiger partial charge in [-0.15, -0.1) is 0 Å². The molecule has 9 nitrogen and oxygen atoms in total. The molecule has 204 valence electrons. The van der Waals surface area contributed by atoms with Crippen LogP contribution in [0.4, 0.5) is 0 Å². The summed E-state index contributed by atoms with van der Waals surface area (Å²) in [6, 6.07) is 10.7. The van der Waals surface area contributed by atoms with E-state index in [1.165, 1.54) is 10.7 Å². The molecule has 0 aliphatic rings. The fraction of sp³-hybridized carbons (Fsp3) is 0.182. The molecule has 0 bridgehead atoms. The SMILES string of the molecule is C.C.Cc1ccc2ncc(Cl)n2n1.ClC(Cl)Cl.Clc1ccc2ncc(Cl)n2n1.Clc1ccc2nccn2n1. The van der Waals surface area contributed by atoms with Gasteiger partial charge in [0.05, 0.1) is 18.1 Å². The van der Waals surface area contributed by atoms with Crippen LogP contribution in [0.5, 0.6) is 0 Å². The fourth-order valence-electron chi connectivity index (χ4n) is 2.55. The van der Waals surface area contributed by atoms with Gasteiger partial charge in [0.2, 0.25) is 0 Å². The molecule has 0 unspecified atom stereocenters. The van der Waals surface area contributed by atoms with Gasteiger partial charge in [-0.25, -0.2) is 28.5 Å². The van der Waals surface area contributed by atoms with E-state index in [9.17, 15) is 0 Å². The van der Waals surface area contributed by atoms with E-state index in [4.69, 9.17) is 81.2 Å². The molecule has 6 aromatic rings. The minimum atomic E-state index is -0.750. The Labute approximate surface area is 254 Å². The molecular weight excluding hydrogens is 638 g/mol. The molecule has 6 aromatic heterocycles. The number of hydrogen-bond acceptors (Lipinski definition) is 6. The van der Waals surface area contributed by atoms with E-state index >= 15 is 0 Å². The third kappa shape index (κ3) is 9.89. The van der Waals surface area contributed by atoms with Crippen molar-refractivity contribution >= 4 is 98.1 Å². The van der Waals surface area contributed by atoms with Crippen molar-refractivity contribution in [1.29, 1.82) is 0 Å². The summed E-state index contributed by atoms with van der Waals surface area (Å²) in [6.07, 6.45) is 6.55. The molecule has 0 aromatic carbocycles. The van der Waals surface area contributed by atoms with E-state index in [0.29, 0.717) is 26.3 Å². The molecule has 0 saturated carbocycles. The van der Waals surface area contributed by atoms with Crippen molar-refractivity contribution in [2.75, 3.05) is 0 Å². The Hall–Kier alpha value is -2.11. The van der Waals surface area contributed by atoms with Gasteiger partial charge < -0.3 is 0 Å². The predicted molar refractivity (Wildman–Crippen MR) is 159 cm³/mol. The lowest BCUT2D eigenvalue weighted by Gasteiger charge is -1.93. The molecule has 16 heteroatoms. The third-order valence-electron chi connectivity index (χ3n) is 3.96. The van der Waals surface area contributed by atoms with E-state index in [1.54, 1.807) is 45.8 Å². The largest absolute Gasteiger partial charge is 0.236 e. The molecule has 38 heavy (non-hydrogen) atoms. The van der Waals surface area contributed by atoms with Gasteiger partial charge in [-0.2, -0.15) is 15.3 Å². The van der Waals surface area contributed by atoms with Crippen LogP contribution in [0.15, 0.2) is 61.2 Å². The van der Waals surface area contributed by atoms with Crippen LogP contribution in [0.25, 0.3) is 16.9 Å². The molecule has 6 rings (SSSR count). The first-order valence-corrected chi connectivity index (χ1v) is 12.5. The van der Waals surface area contributed by atoms with Gasteiger partial charge in [0.15, 0.2) is 31.5 Å². The summed E-state index contributed by atoms with van der Waals surface area (Å²) >= 11 is 37.2. The average Bonchev–Trinajstić information content (AvgIpc) is 3.54. The highest BCUT2D eigenvalue weighted by Crippen LogP contribution is 2.12. The van der Waals surface area contributed by atoms with Gasteiger partial charge in [0, 0.05) is 12.4 Å². The molecule has 0 spiro atoms. The van der Waals surface area contributed by atoms with Gasteiger partial charge in [0.25, 0.3) is 0 Å². The van der Waals surface area contributed by atoms with E-state index in [2.05, 4.69) is 30.2 Å². The van der Waals surface area contributed by atoms with Crippen molar-refractivity contribution in [2.24, 2.45) is 0 Å². The van der Waals surface area contributed by atoms with Crippen molar-refractivity contribution < 1.29 is 0 Å².